The molecule has 32 heavy (non-hydrogen) atoms. The molecule has 0 radical (unpaired) electrons. The van der Waals surface area contributed by atoms with E-state index in [1.54, 1.807) is 6.33 Å². The first-order valence-electron chi connectivity index (χ1n) is 10.7. The second kappa shape index (κ2) is 8.99. The Hall–Kier alpha value is -2.78. The van der Waals surface area contributed by atoms with E-state index in [0.717, 1.165) is 58.5 Å². The SMILES string of the molecule is O=C1CCCN1CCC/N=C1\NC(=S)N(c2ccc3[nH]cnc3c2)C1c1ccc(Br)cc1. The quantitative estimate of drug-likeness (QED) is 0.384. The van der Waals surface area contributed by atoms with E-state index in [1.165, 1.54) is 0 Å². The monoisotopic (exact) mass is 510 g/mol. The molecule has 3 aromatic rings. The number of amidine groups is 1. The Balaban J connectivity index is 1.42. The molecule has 2 aromatic carbocycles. The number of nitrogens with one attached hydrogen (secondary N) is 2. The van der Waals surface area contributed by atoms with Crippen molar-refractivity contribution in [3.8, 4) is 0 Å². The van der Waals surface area contributed by atoms with Gasteiger partial charge < -0.3 is 20.1 Å². The fourth-order valence-corrected chi connectivity index (χ4v) is 4.87. The third-order valence-electron chi connectivity index (χ3n) is 5.88. The van der Waals surface area contributed by atoms with Crippen molar-refractivity contribution in [3.63, 3.8) is 0 Å². The van der Waals surface area contributed by atoms with Crippen LogP contribution in [0.25, 0.3) is 11.0 Å². The molecule has 2 saturated heterocycles. The Morgan fingerprint density at radius 1 is 1.22 bits per heavy atom. The molecule has 164 valence electrons. The number of carbonyl (C=O) groups excluding carboxylic acids is 1. The van der Waals surface area contributed by atoms with Crippen molar-refractivity contribution in [2.75, 3.05) is 24.5 Å². The van der Waals surface area contributed by atoms with Crippen LogP contribution in [-0.2, 0) is 4.79 Å². The number of imidazole rings is 1. The number of likely N-dealkylation sites (tertiary alicyclic amines) is 1. The average Bonchev–Trinajstić information content (AvgIpc) is 3.50. The van der Waals surface area contributed by atoms with Crippen molar-refractivity contribution in [3.05, 3.63) is 58.8 Å². The summed E-state index contributed by atoms with van der Waals surface area (Å²) in [4.78, 5) is 28.3. The molecule has 7 nitrogen and oxygen atoms in total. The molecule has 2 aliphatic heterocycles. The zero-order valence-electron chi connectivity index (χ0n) is 17.4. The lowest BCUT2D eigenvalue weighted by molar-refractivity contribution is -0.127. The van der Waals surface area contributed by atoms with Gasteiger partial charge in [0.2, 0.25) is 5.91 Å². The summed E-state index contributed by atoms with van der Waals surface area (Å²) in [5, 5.41) is 3.94. The van der Waals surface area contributed by atoms with Gasteiger partial charge in [-0.1, -0.05) is 28.1 Å². The molecule has 0 saturated carbocycles. The van der Waals surface area contributed by atoms with E-state index in [-0.39, 0.29) is 11.9 Å². The Bertz CT molecular complexity index is 1190. The van der Waals surface area contributed by atoms with Crippen LogP contribution in [0.2, 0.25) is 0 Å². The third-order valence-corrected chi connectivity index (χ3v) is 6.71. The van der Waals surface area contributed by atoms with Crippen LogP contribution in [0.15, 0.2) is 58.3 Å². The minimum absolute atomic E-state index is 0.152. The Labute approximate surface area is 200 Å². The van der Waals surface area contributed by atoms with Crippen LogP contribution < -0.4 is 10.2 Å². The van der Waals surface area contributed by atoms with Gasteiger partial charge in [-0.2, -0.15) is 0 Å². The number of hydrogen-bond acceptors (Lipinski definition) is 4. The van der Waals surface area contributed by atoms with Gasteiger partial charge >= 0.3 is 0 Å². The number of hydrogen-bond donors (Lipinski definition) is 2. The maximum atomic E-state index is 11.8. The predicted octanol–water partition coefficient (Wildman–Crippen LogP) is 4.17. The van der Waals surface area contributed by atoms with Crippen LogP contribution >= 0.6 is 28.1 Å². The minimum Gasteiger partial charge on any atom is -0.345 e. The number of aliphatic imine (C=N–C) groups is 1. The number of benzene rings is 2. The normalized spacial score (nSPS) is 20.0. The number of anilines is 1. The fourth-order valence-electron chi connectivity index (χ4n) is 4.29. The lowest BCUT2D eigenvalue weighted by Gasteiger charge is -2.25. The molecule has 9 heteroatoms. The highest BCUT2D eigenvalue weighted by atomic mass is 79.9. The van der Waals surface area contributed by atoms with Crippen LogP contribution in [-0.4, -0.2) is 51.4 Å². The molecule has 1 atom stereocenters. The number of fused-ring (bicyclic) bond motifs is 1. The molecule has 0 aliphatic carbocycles. The van der Waals surface area contributed by atoms with E-state index in [1.807, 2.05) is 35.2 Å². The van der Waals surface area contributed by atoms with Crippen LogP contribution in [0.3, 0.4) is 0 Å². The minimum atomic E-state index is -0.152. The van der Waals surface area contributed by atoms with Crippen LogP contribution in [0.1, 0.15) is 30.9 Å². The van der Waals surface area contributed by atoms with Gasteiger partial charge in [-0.15, -0.1) is 0 Å². The van der Waals surface area contributed by atoms with Crippen molar-refractivity contribution in [1.82, 2.24) is 20.2 Å². The van der Waals surface area contributed by atoms with E-state index in [0.29, 0.717) is 18.1 Å². The molecular weight excluding hydrogens is 488 g/mol. The zero-order valence-corrected chi connectivity index (χ0v) is 19.8. The van der Waals surface area contributed by atoms with Gasteiger partial charge in [0.25, 0.3) is 0 Å². The Kier molecular flexibility index (Phi) is 5.93. The summed E-state index contributed by atoms with van der Waals surface area (Å²) in [5.41, 5.74) is 3.93. The molecule has 0 spiro atoms. The number of H-pyrrole nitrogens is 1. The number of nitrogens with zero attached hydrogens (tertiary/aromatic N) is 4. The van der Waals surface area contributed by atoms with Gasteiger partial charge in [0.05, 0.1) is 17.4 Å². The van der Waals surface area contributed by atoms with Crippen LogP contribution in [0.4, 0.5) is 5.69 Å². The highest BCUT2D eigenvalue weighted by molar-refractivity contribution is 9.10. The van der Waals surface area contributed by atoms with E-state index in [9.17, 15) is 4.79 Å². The smallest absolute Gasteiger partial charge is 0.222 e. The first-order chi connectivity index (χ1) is 15.6. The summed E-state index contributed by atoms with van der Waals surface area (Å²) in [6.45, 7) is 2.25. The van der Waals surface area contributed by atoms with Gasteiger partial charge in [0, 0.05) is 36.2 Å². The second-order valence-electron chi connectivity index (χ2n) is 7.96. The molecule has 2 aliphatic rings. The third kappa shape index (κ3) is 4.14. The summed E-state index contributed by atoms with van der Waals surface area (Å²) in [7, 11) is 0. The molecule has 2 N–H and O–H groups in total. The van der Waals surface area contributed by atoms with Gasteiger partial charge in [-0.3, -0.25) is 9.79 Å². The Morgan fingerprint density at radius 2 is 2.06 bits per heavy atom. The summed E-state index contributed by atoms with van der Waals surface area (Å²) in [5.74, 6) is 1.08. The summed E-state index contributed by atoms with van der Waals surface area (Å²) in [6.07, 6.45) is 4.16. The summed E-state index contributed by atoms with van der Waals surface area (Å²) < 4.78 is 1.02. The van der Waals surface area contributed by atoms with Gasteiger partial charge in [-0.05, 0) is 61.0 Å². The molecule has 5 rings (SSSR count). The van der Waals surface area contributed by atoms with Crippen molar-refractivity contribution < 1.29 is 4.79 Å². The number of rotatable bonds is 6. The van der Waals surface area contributed by atoms with Gasteiger partial charge in [-0.25, -0.2) is 4.98 Å². The average molecular weight is 511 g/mol. The first kappa shape index (κ1) is 21.1. The molecule has 1 amide bonds. The molecule has 0 bridgehead atoms. The molecule has 3 heterocycles. The largest absolute Gasteiger partial charge is 0.345 e. The van der Waals surface area contributed by atoms with Crippen LogP contribution in [0, 0.1) is 0 Å². The van der Waals surface area contributed by atoms with Gasteiger partial charge in [0.1, 0.15) is 11.9 Å². The first-order valence-corrected chi connectivity index (χ1v) is 11.9. The molecule has 1 aromatic heterocycles. The zero-order chi connectivity index (χ0) is 22.1. The molecule has 2 fully saturated rings. The second-order valence-corrected chi connectivity index (χ2v) is 9.27. The maximum absolute atomic E-state index is 11.8. The lowest BCUT2D eigenvalue weighted by Crippen LogP contribution is -2.29. The fraction of sp³-hybridized carbons (Fsp3) is 0.304. The van der Waals surface area contributed by atoms with Crippen molar-refractivity contribution in [2.45, 2.75) is 25.3 Å². The topological polar surface area (TPSA) is 76.6 Å². The van der Waals surface area contributed by atoms with Crippen molar-refractivity contribution in [1.29, 1.82) is 0 Å². The van der Waals surface area contributed by atoms with E-state index in [2.05, 4.69) is 48.2 Å². The van der Waals surface area contributed by atoms with Crippen molar-refractivity contribution in [2.24, 2.45) is 4.99 Å². The van der Waals surface area contributed by atoms with Gasteiger partial charge in [0.15, 0.2) is 5.11 Å². The Morgan fingerprint density at radius 3 is 2.84 bits per heavy atom. The number of amides is 1. The lowest BCUT2D eigenvalue weighted by atomic mass is 10.0. The van der Waals surface area contributed by atoms with Crippen LogP contribution in [0.5, 0.6) is 0 Å². The number of aromatic amines is 1. The standard InChI is InChI=1S/C23H23BrN6OS/c24-16-6-4-15(5-7-16)21-22(25-10-2-12-29-11-1-3-20(29)31)28-23(32)30(21)17-8-9-18-19(13-17)27-14-26-18/h4-9,13-14,21H,1-3,10-12H2,(H,26,27)(H,25,28,32). The number of carbonyl (C=O) groups is 1. The summed E-state index contributed by atoms with van der Waals surface area (Å²) in [6, 6.07) is 14.2. The van der Waals surface area contributed by atoms with E-state index in [4.69, 9.17) is 17.2 Å². The molecule has 1 unspecified atom stereocenters. The highest BCUT2D eigenvalue weighted by Gasteiger charge is 2.36. The summed E-state index contributed by atoms with van der Waals surface area (Å²) >= 11 is 9.25. The number of thiocarbonyl (C=S) groups is 1. The number of halogens is 1. The van der Waals surface area contributed by atoms with E-state index < -0.39 is 0 Å². The predicted molar refractivity (Wildman–Crippen MR) is 134 cm³/mol. The molecular formula is C23H23BrN6OS. The van der Waals surface area contributed by atoms with E-state index >= 15 is 0 Å². The highest BCUT2D eigenvalue weighted by Crippen LogP contribution is 2.34. The number of aromatic nitrogens is 2. The maximum Gasteiger partial charge on any atom is 0.222 e. The van der Waals surface area contributed by atoms with Crippen molar-refractivity contribution >= 4 is 61.7 Å².